The first-order chi connectivity index (χ1) is 7.86. The summed E-state index contributed by atoms with van der Waals surface area (Å²) in [6, 6.07) is 0. The number of rotatable bonds is 2. The van der Waals surface area contributed by atoms with Crippen molar-refractivity contribution in [2.24, 2.45) is 0 Å². The smallest absolute Gasteiger partial charge is 0.0226 e. The van der Waals surface area contributed by atoms with Crippen molar-refractivity contribution in [3.05, 3.63) is 0 Å². The van der Waals surface area contributed by atoms with E-state index in [1.165, 1.54) is 34.5 Å². The van der Waals surface area contributed by atoms with Crippen LogP contribution in [0.25, 0.3) is 0 Å². The molecule has 2 heterocycles. The summed E-state index contributed by atoms with van der Waals surface area (Å²) in [6.45, 7) is 0. The molecule has 2 aliphatic heterocycles. The van der Waals surface area contributed by atoms with Gasteiger partial charge in [0.1, 0.15) is 0 Å². The number of hydrogen-bond acceptors (Lipinski definition) is 6. The minimum Gasteiger partial charge on any atom is -0.178 e. The van der Waals surface area contributed by atoms with Crippen molar-refractivity contribution in [1.29, 1.82) is 0 Å². The molecule has 2 rings (SSSR count). The number of thioether (sulfide) groups is 4. The summed E-state index contributed by atoms with van der Waals surface area (Å²) in [7, 11) is 0. The van der Waals surface area contributed by atoms with Crippen LogP contribution >= 0.6 is 72.3 Å². The molecule has 0 aromatic heterocycles. The van der Waals surface area contributed by atoms with E-state index in [0.717, 1.165) is 22.0 Å². The second kappa shape index (κ2) is 11.0. The Kier molecular flexibility index (Phi) is 11.1. The molecule has 0 N–H and O–H groups in total. The molecule has 0 aromatic carbocycles. The number of thiol groups is 2. The van der Waals surface area contributed by atoms with Gasteiger partial charge in [-0.3, -0.25) is 0 Å². The molecule has 0 bridgehead atoms. The second-order valence-corrected chi connectivity index (χ2v) is 9.35. The van der Waals surface area contributed by atoms with Crippen molar-refractivity contribution in [3.63, 3.8) is 0 Å². The lowest BCUT2D eigenvalue weighted by Gasteiger charge is -2.25. The summed E-state index contributed by atoms with van der Waals surface area (Å²) in [6.07, 6.45) is 0. The van der Waals surface area contributed by atoms with E-state index in [1.807, 2.05) is 23.5 Å². The molecule has 0 aliphatic carbocycles. The zero-order valence-electron chi connectivity index (χ0n) is 9.34. The van der Waals surface area contributed by atoms with Gasteiger partial charge in [-0.1, -0.05) is 0 Å². The fraction of sp³-hybridized carbons (Fsp3) is 1.00. The minimum absolute atomic E-state index is 0.782. The first kappa shape index (κ1) is 16.2. The van der Waals surface area contributed by atoms with Crippen LogP contribution in [0, 0.1) is 0 Å². The van der Waals surface area contributed by atoms with E-state index in [2.05, 4.69) is 48.8 Å². The Morgan fingerprint density at radius 1 is 0.750 bits per heavy atom. The van der Waals surface area contributed by atoms with Crippen molar-refractivity contribution in [3.8, 4) is 0 Å². The van der Waals surface area contributed by atoms with E-state index in [4.69, 9.17) is 0 Å². The van der Waals surface area contributed by atoms with Crippen LogP contribution in [0.4, 0.5) is 0 Å². The average molecular weight is 333 g/mol. The van der Waals surface area contributed by atoms with Gasteiger partial charge in [0.15, 0.2) is 0 Å². The third kappa shape index (κ3) is 7.52. The van der Waals surface area contributed by atoms with Crippen LogP contribution in [0.5, 0.6) is 0 Å². The Morgan fingerprint density at radius 3 is 1.31 bits per heavy atom. The van der Waals surface area contributed by atoms with Crippen molar-refractivity contribution in [2.75, 3.05) is 46.0 Å². The van der Waals surface area contributed by atoms with Gasteiger partial charge in [-0.05, 0) is 0 Å². The summed E-state index contributed by atoms with van der Waals surface area (Å²) in [4.78, 5) is 0. The van der Waals surface area contributed by atoms with Gasteiger partial charge in [0.25, 0.3) is 0 Å². The van der Waals surface area contributed by atoms with Gasteiger partial charge in [0.2, 0.25) is 0 Å². The highest BCUT2D eigenvalue weighted by atomic mass is 32.2. The Balaban J connectivity index is 0.000000181. The summed E-state index contributed by atoms with van der Waals surface area (Å²) in [5, 5.41) is 1.56. The predicted molar refractivity (Wildman–Crippen MR) is 94.8 cm³/mol. The Labute approximate surface area is 128 Å². The standard InChI is InChI=1S/C6H12S4.C4H8S2/c7-1-5-3-10-6(2-8)4-9-5;1-2-6-4-3-5-1/h5-8H,1-4H2;1-4H2. The molecule has 0 amide bonds. The summed E-state index contributed by atoms with van der Waals surface area (Å²) in [5.41, 5.74) is 0. The highest BCUT2D eigenvalue weighted by Crippen LogP contribution is 2.30. The first-order valence-corrected chi connectivity index (χ1v) is 11.1. The monoisotopic (exact) mass is 332 g/mol. The first-order valence-electron chi connectivity index (χ1n) is 5.47. The molecule has 6 heteroatoms. The van der Waals surface area contributed by atoms with Crippen LogP contribution < -0.4 is 0 Å². The van der Waals surface area contributed by atoms with Crippen LogP contribution in [0.2, 0.25) is 0 Å². The summed E-state index contributed by atoms with van der Waals surface area (Å²) in [5.74, 6) is 10.1. The molecule has 2 saturated heterocycles. The van der Waals surface area contributed by atoms with Gasteiger partial charge < -0.3 is 0 Å². The molecule has 0 nitrogen and oxygen atoms in total. The van der Waals surface area contributed by atoms with Crippen LogP contribution in [-0.2, 0) is 0 Å². The maximum absolute atomic E-state index is 4.27. The lowest BCUT2D eigenvalue weighted by molar-refractivity contribution is 1.06. The Bertz CT molecular complexity index is 130. The highest BCUT2D eigenvalue weighted by Gasteiger charge is 2.19. The molecule has 16 heavy (non-hydrogen) atoms. The molecule has 0 saturated carbocycles. The topological polar surface area (TPSA) is 0 Å². The normalized spacial score (nSPS) is 30.4. The van der Waals surface area contributed by atoms with E-state index in [0.29, 0.717) is 0 Å². The zero-order valence-corrected chi connectivity index (χ0v) is 14.4. The van der Waals surface area contributed by atoms with Gasteiger partial charge in [-0.15, -0.1) is 0 Å². The zero-order chi connectivity index (χ0) is 11.6. The molecule has 96 valence electrons. The maximum Gasteiger partial charge on any atom is 0.0226 e. The second-order valence-electron chi connectivity index (χ2n) is 3.50. The molecular formula is C10H20S6. The van der Waals surface area contributed by atoms with Crippen LogP contribution in [-0.4, -0.2) is 56.5 Å². The molecule has 0 aromatic rings. The van der Waals surface area contributed by atoms with Gasteiger partial charge >= 0.3 is 0 Å². The molecule has 2 unspecified atom stereocenters. The quantitative estimate of drug-likeness (QED) is 0.742. The fourth-order valence-electron chi connectivity index (χ4n) is 1.23. The SMILES string of the molecule is C1CSCCS1.SCC1CSC(CS)CS1. The highest BCUT2D eigenvalue weighted by molar-refractivity contribution is 8.07. The van der Waals surface area contributed by atoms with E-state index >= 15 is 0 Å². The van der Waals surface area contributed by atoms with Crippen molar-refractivity contribution < 1.29 is 0 Å². The van der Waals surface area contributed by atoms with Gasteiger partial charge in [-0.25, -0.2) is 0 Å². The largest absolute Gasteiger partial charge is 0.178 e. The van der Waals surface area contributed by atoms with E-state index < -0.39 is 0 Å². The van der Waals surface area contributed by atoms with Crippen molar-refractivity contribution in [2.45, 2.75) is 10.5 Å². The van der Waals surface area contributed by atoms with Crippen molar-refractivity contribution >= 4 is 72.3 Å². The molecular weight excluding hydrogens is 313 g/mol. The van der Waals surface area contributed by atoms with Crippen molar-refractivity contribution in [1.82, 2.24) is 0 Å². The minimum atomic E-state index is 0.782. The van der Waals surface area contributed by atoms with E-state index in [9.17, 15) is 0 Å². The van der Waals surface area contributed by atoms with Crippen LogP contribution in [0.15, 0.2) is 0 Å². The summed E-state index contributed by atoms with van der Waals surface area (Å²) >= 11 is 16.8. The lowest BCUT2D eigenvalue weighted by Crippen LogP contribution is -2.23. The Hall–Kier alpha value is 2.10. The van der Waals surface area contributed by atoms with Crippen LogP contribution in [0.1, 0.15) is 0 Å². The molecule has 0 radical (unpaired) electrons. The average Bonchev–Trinajstić information content (AvgIpc) is 2.41. The van der Waals surface area contributed by atoms with Gasteiger partial charge in [0, 0.05) is 56.5 Å². The van der Waals surface area contributed by atoms with E-state index in [1.54, 1.807) is 0 Å². The third-order valence-corrected chi connectivity index (χ3v) is 9.27. The summed E-state index contributed by atoms with van der Waals surface area (Å²) < 4.78 is 0. The third-order valence-electron chi connectivity index (χ3n) is 2.19. The molecule has 0 spiro atoms. The van der Waals surface area contributed by atoms with Crippen LogP contribution in [0.3, 0.4) is 0 Å². The Morgan fingerprint density at radius 2 is 1.12 bits per heavy atom. The molecule has 2 atom stereocenters. The lowest BCUT2D eigenvalue weighted by atomic mass is 10.5. The maximum atomic E-state index is 4.27. The van der Waals surface area contributed by atoms with E-state index in [-0.39, 0.29) is 0 Å². The molecule has 2 fully saturated rings. The van der Waals surface area contributed by atoms with Gasteiger partial charge in [-0.2, -0.15) is 72.3 Å². The van der Waals surface area contributed by atoms with Gasteiger partial charge in [0.05, 0.1) is 0 Å². The number of hydrogen-bond donors (Lipinski definition) is 2. The molecule has 2 aliphatic rings. The predicted octanol–water partition coefficient (Wildman–Crippen LogP) is 3.53. The fourth-order valence-corrected chi connectivity index (χ4v) is 7.43.